The molecule has 0 spiro atoms. The molecule has 1 atom stereocenters. The maximum absolute atomic E-state index is 12.8. The third kappa shape index (κ3) is 4.23. The van der Waals surface area contributed by atoms with E-state index in [0.29, 0.717) is 12.1 Å². The largest absolute Gasteiger partial charge is 0.467 e. The van der Waals surface area contributed by atoms with E-state index >= 15 is 0 Å². The van der Waals surface area contributed by atoms with Crippen LogP contribution in [0.25, 0.3) is 0 Å². The third-order valence-corrected chi connectivity index (χ3v) is 5.68. The first-order valence-corrected chi connectivity index (χ1v) is 9.71. The standard InChI is InChI=1S/C16H14BF5N2O3S/c1-3-16(8-17(9-16)10-23)13(15(26)27-2)24-14(25)11-4-6-12(7-5-11)28(18,19,20,21)22/h1,4-7,13H,8-9H2,2H3,(H,24,25). The van der Waals surface area contributed by atoms with Crippen LogP contribution in [0.4, 0.5) is 19.4 Å². The van der Waals surface area contributed by atoms with Crippen molar-refractivity contribution in [3.8, 4) is 18.3 Å². The number of hydrogen-bond donors (Lipinski definition) is 1. The molecule has 0 radical (unpaired) electrons. The molecule has 5 nitrogen and oxygen atoms in total. The van der Waals surface area contributed by atoms with Gasteiger partial charge in [-0.3, -0.25) is 4.79 Å². The second kappa shape index (κ2) is 6.14. The van der Waals surface area contributed by atoms with E-state index in [1.807, 2.05) is 5.97 Å². The van der Waals surface area contributed by atoms with Gasteiger partial charge in [-0.15, -0.1) is 6.42 Å². The van der Waals surface area contributed by atoms with Crippen molar-refractivity contribution in [1.82, 2.24) is 5.32 Å². The van der Waals surface area contributed by atoms with E-state index < -0.39 is 45.2 Å². The summed E-state index contributed by atoms with van der Waals surface area (Å²) in [4.78, 5) is 22.3. The molecule has 150 valence electrons. The van der Waals surface area contributed by atoms with Crippen LogP contribution < -0.4 is 5.32 Å². The van der Waals surface area contributed by atoms with E-state index in [4.69, 9.17) is 11.7 Å². The lowest BCUT2D eigenvalue weighted by molar-refractivity contribution is -0.145. The number of nitriles is 1. The average Bonchev–Trinajstić information content (AvgIpc) is 2.57. The van der Waals surface area contributed by atoms with E-state index in [0.717, 1.165) is 7.11 Å². The average molecular weight is 420 g/mol. The molecule has 1 aliphatic heterocycles. The summed E-state index contributed by atoms with van der Waals surface area (Å²) in [5.41, 5.74) is -1.57. The minimum absolute atomic E-state index is 0.0929. The van der Waals surface area contributed by atoms with Gasteiger partial charge in [-0.05, 0) is 36.9 Å². The molecule has 1 N–H and O–H groups in total. The molecule has 1 aromatic rings. The molecule has 1 aliphatic rings. The van der Waals surface area contributed by atoms with Crippen molar-refractivity contribution in [2.24, 2.45) is 5.41 Å². The van der Waals surface area contributed by atoms with Crippen LogP contribution in [0.2, 0.25) is 12.6 Å². The minimum Gasteiger partial charge on any atom is -0.467 e. The molecule has 28 heavy (non-hydrogen) atoms. The Labute approximate surface area is 158 Å². The van der Waals surface area contributed by atoms with E-state index in [-0.39, 0.29) is 30.3 Å². The van der Waals surface area contributed by atoms with Crippen LogP contribution in [0.5, 0.6) is 0 Å². The summed E-state index contributed by atoms with van der Waals surface area (Å²) in [7, 11) is -8.81. The van der Waals surface area contributed by atoms with Gasteiger partial charge < -0.3 is 10.1 Å². The highest BCUT2D eigenvalue weighted by molar-refractivity contribution is 8.45. The highest BCUT2D eigenvalue weighted by Gasteiger charge is 2.65. The Kier molecular flexibility index (Phi) is 4.73. The zero-order valence-electron chi connectivity index (χ0n) is 14.4. The summed E-state index contributed by atoms with van der Waals surface area (Å²) in [5, 5.41) is 11.2. The first kappa shape index (κ1) is 21.6. The Balaban J connectivity index is 2.27. The molecule has 0 aromatic heterocycles. The summed E-state index contributed by atoms with van der Waals surface area (Å²) >= 11 is 0. The summed E-state index contributed by atoms with van der Waals surface area (Å²) in [6.07, 6.45) is 5.70. The summed E-state index contributed by atoms with van der Waals surface area (Å²) in [6, 6.07) is -0.0306. The normalized spacial score (nSPS) is 18.9. The van der Waals surface area contributed by atoms with Crippen molar-refractivity contribution in [3.05, 3.63) is 29.8 Å². The van der Waals surface area contributed by atoms with E-state index in [9.17, 15) is 29.0 Å². The smallest absolute Gasteiger partial charge is 0.329 e. The Morgan fingerprint density at radius 1 is 1.25 bits per heavy atom. The van der Waals surface area contributed by atoms with Crippen LogP contribution >= 0.6 is 10.2 Å². The topological polar surface area (TPSA) is 79.2 Å². The number of amides is 1. The number of terminal acetylenes is 1. The Morgan fingerprint density at radius 2 is 1.79 bits per heavy atom. The van der Waals surface area contributed by atoms with Crippen molar-refractivity contribution in [2.45, 2.75) is 23.6 Å². The van der Waals surface area contributed by atoms with Gasteiger partial charge in [0.25, 0.3) is 12.6 Å². The van der Waals surface area contributed by atoms with Crippen molar-refractivity contribution < 1.29 is 33.8 Å². The van der Waals surface area contributed by atoms with Crippen LogP contribution in [0.15, 0.2) is 29.2 Å². The van der Waals surface area contributed by atoms with Gasteiger partial charge in [0.15, 0.2) is 0 Å². The fourth-order valence-electron chi connectivity index (χ4n) is 2.97. The lowest BCUT2D eigenvalue weighted by atomic mass is 9.26. The van der Waals surface area contributed by atoms with Gasteiger partial charge in [-0.25, -0.2) is 10.1 Å². The van der Waals surface area contributed by atoms with Crippen LogP contribution in [0, 0.1) is 29.0 Å². The molecule has 0 bridgehead atoms. The number of ether oxygens (including phenoxy) is 1. The number of methoxy groups -OCH3 is 1. The van der Waals surface area contributed by atoms with Crippen LogP contribution in [-0.4, -0.2) is 31.7 Å². The summed E-state index contributed by atoms with van der Waals surface area (Å²) in [5.74, 6) is 2.46. The number of nitrogens with one attached hydrogen (secondary N) is 1. The van der Waals surface area contributed by atoms with Crippen molar-refractivity contribution in [1.29, 1.82) is 5.26 Å². The Bertz CT molecular complexity index is 900. The Hall–Kier alpha value is -2.73. The number of nitrogens with zero attached hydrogens (tertiary/aromatic N) is 1. The van der Waals surface area contributed by atoms with E-state index in [1.54, 1.807) is 0 Å². The molecule has 12 heteroatoms. The van der Waals surface area contributed by atoms with Crippen LogP contribution in [0.1, 0.15) is 10.4 Å². The van der Waals surface area contributed by atoms with Crippen LogP contribution in [0.3, 0.4) is 0 Å². The number of hydrogen-bond acceptors (Lipinski definition) is 4. The predicted molar refractivity (Wildman–Crippen MR) is 93.4 cm³/mol. The van der Waals surface area contributed by atoms with Gasteiger partial charge in [0.05, 0.1) is 12.5 Å². The number of benzene rings is 1. The fourth-order valence-corrected chi connectivity index (χ4v) is 3.62. The number of halogens is 5. The van der Waals surface area contributed by atoms with Gasteiger partial charge in [0, 0.05) is 11.5 Å². The van der Waals surface area contributed by atoms with Crippen LogP contribution in [-0.2, 0) is 9.53 Å². The first-order valence-electron chi connectivity index (χ1n) is 7.76. The SMILES string of the molecule is C#CC1(C(NC(=O)c2ccc(S(F)(F)(F)(F)F)cc2)C(=O)OC)CB(C#N)C1. The Morgan fingerprint density at radius 3 is 2.18 bits per heavy atom. The molecule has 2 rings (SSSR count). The third-order valence-electron chi connectivity index (χ3n) is 4.52. The number of rotatable bonds is 5. The number of carbonyl (C=O) groups is 2. The number of carbonyl (C=O) groups excluding carboxylic acids is 2. The second-order valence-corrected chi connectivity index (χ2v) is 8.87. The lowest BCUT2D eigenvalue weighted by Gasteiger charge is -2.43. The first-order chi connectivity index (χ1) is 12.7. The van der Waals surface area contributed by atoms with Gasteiger partial charge >= 0.3 is 16.2 Å². The molecule has 0 saturated carbocycles. The highest BCUT2D eigenvalue weighted by Crippen LogP contribution is 3.02. The van der Waals surface area contributed by atoms with Gasteiger partial charge in [0.1, 0.15) is 10.9 Å². The van der Waals surface area contributed by atoms with E-state index in [2.05, 4.69) is 16.0 Å². The molecule has 1 aromatic carbocycles. The van der Waals surface area contributed by atoms with Gasteiger partial charge in [-0.2, -0.15) is 0 Å². The second-order valence-electron chi connectivity index (χ2n) is 6.46. The molecular formula is C16H14BF5N2O3S. The predicted octanol–water partition coefficient (Wildman–Crippen LogP) is 3.81. The maximum Gasteiger partial charge on any atom is 0.329 e. The lowest BCUT2D eigenvalue weighted by Crippen LogP contribution is -2.59. The maximum atomic E-state index is 12.8. The van der Waals surface area contributed by atoms with Crippen molar-refractivity contribution in [3.63, 3.8) is 0 Å². The monoisotopic (exact) mass is 420 g/mol. The highest BCUT2D eigenvalue weighted by atomic mass is 32.5. The summed E-state index contributed by atoms with van der Waals surface area (Å²) in [6.45, 7) is -0.420. The quantitative estimate of drug-likeness (QED) is 0.340. The zero-order valence-corrected chi connectivity index (χ0v) is 15.2. The molecule has 1 unspecified atom stereocenters. The van der Waals surface area contributed by atoms with Crippen molar-refractivity contribution in [2.75, 3.05) is 7.11 Å². The fraction of sp³-hybridized carbons (Fsp3) is 0.312. The molecule has 1 amide bonds. The molecule has 0 aliphatic carbocycles. The molecule has 1 heterocycles. The van der Waals surface area contributed by atoms with E-state index in [1.165, 1.54) is 0 Å². The van der Waals surface area contributed by atoms with Gasteiger partial charge in [-0.1, -0.05) is 25.3 Å². The molecule has 1 fully saturated rings. The van der Waals surface area contributed by atoms with Crippen molar-refractivity contribution >= 4 is 28.8 Å². The summed E-state index contributed by atoms with van der Waals surface area (Å²) < 4.78 is 68.4. The molecular weight excluding hydrogens is 406 g/mol. The number of esters is 1. The molecule has 1 saturated heterocycles. The minimum atomic E-state index is -9.86. The zero-order chi connectivity index (χ0) is 21.4. The van der Waals surface area contributed by atoms with Gasteiger partial charge in [0.2, 0.25) is 0 Å².